The van der Waals surface area contributed by atoms with Crippen LogP contribution in [0.2, 0.25) is 0 Å². The quantitative estimate of drug-likeness (QED) is 0.847. The highest BCUT2D eigenvalue weighted by atomic mass is 19.1. The predicted octanol–water partition coefficient (Wildman–Crippen LogP) is 1.93. The van der Waals surface area contributed by atoms with Crippen LogP contribution in [0.15, 0.2) is 24.3 Å². The van der Waals surface area contributed by atoms with E-state index in [2.05, 4.69) is 5.32 Å². The van der Waals surface area contributed by atoms with Crippen LogP contribution in [0.25, 0.3) is 0 Å². The first kappa shape index (κ1) is 12.0. The fraction of sp³-hybridized carbons (Fsp3) is 0.462. The van der Waals surface area contributed by atoms with Crippen LogP contribution in [0, 0.1) is 5.82 Å². The van der Waals surface area contributed by atoms with Gasteiger partial charge in [0.05, 0.1) is 5.69 Å². The number of para-hydroxylation sites is 1. The predicted molar refractivity (Wildman–Crippen MR) is 65.5 cm³/mol. The van der Waals surface area contributed by atoms with E-state index in [0.29, 0.717) is 24.7 Å². The van der Waals surface area contributed by atoms with Crippen LogP contribution in [0.5, 0.6) is 0 Å². The van der Waals surface area contributed by atoms with Crippen molar-refractivity contribution in [3.05, 3.63) is 30.1 Å². The molecule has 1 aromatic rings. The van der Waals surface area contributed by atoms with Crippen LogP contribution >= 0.6 is 0 Å². The van der Waals surface area contributed by atoms with Gasteiger partial charge in [-0.15, -0.1) is 0 Å². The summed E-state index contributed by atoms with van der Waals surface area (Å²) >= 11 is 0. The van der Waals surface area contributed by atoms with E-state index in [1.807, 2.05) is 0 Å². The van der Waals surface area contributed by atoms with Gasteiger partial charge in [0.2, 0.25) is 5.91 Å². The molecule has 0 saturated heterocycles. The molecule has 0 atom stereocenters. The number of nitrogens with zero attached hydrogens (tertiary/aromatic N) is 1. The highest BCUT2D eigenvalue weighted by Gasteiger charge is 2.21. The summed E-state index contributed by atoms with van der Waals surface area (Å²) in [5, 5.41) is 3.27. The molecular formula is C13H17FN2O. The minimum Gasteiger partial charge on any atom is -0.313 e. The van der Waals surface area contributed by atoms with Gasteiger partial charge in [0.1, 0.15) is 5.82 Å². The van der Waals surface area contributed by atoms with Crippen molar-refractivity contribution in [1.29, 1.82) is 0 Å². The molecule has 1 aliphatic carbocycles. The van der Waals surface area contributed by atoms with Gasteiger partial charge in [0.15, 0.2) is 0 Å². The van der Waals surface area contributed by atoms with Crippen molar-refractivity contribution < 1.29 is 9.18 Å². The number of hydrogen-bond acceptors (Lipinski definition) is 2. The SMILES string of the molecule is CN(C(=O)CCNC1CC1)c1ccccc1F. The first-order valence-electron chi connectivity index (χ1n) is 5.93. The third-order valence-corrected chi connectivity index (χ3v) is 2.94. The molecule has 0 aliphatic heterocycles. The molecule has 1 saturated carbocycles. The number of amides is 1. The molecule has 0 spiro atoms. The van der Waals surface area contributed by atoms with Crippen LogP contribution in [-0.4, -0.2) is 25.5 Å². The molecule has 0 unspecified atom stereocenters. The Morgan fingerprint density at radius 3 is 2.82 bits per heavy atom. The normalized spacial score (nSPS) is 14.7. The van der Waals surface area contributed by atoms with Gasteiger partial charge >= 0.3 is 0 Å². The van der Waals surface area contributed by atoms with Crippen LogP contribution in [-0.2, 0) is 4.79 Å². The zero-order valence-corrected chi connectivity index (χ0v) is 9.95. The first-order chi connectivity index (χ1) is 8.18. The van der Waals surface area contributed by atoms with Gasteiger partial charge < -0.3 is 10.2 Å². The average Bonchev–Trinajstić information content (AvgIpc) is 3.13. The maximum absolute atomic E-state index is 13.5. The Bertz CT molecular complexity index is 404. The smallest absolute Gasteiger partial charge is 0.228 e. The monoisotopic (exact) mass is 236 g/mol. The maximum Gasteiger partial charge on any atom is 0.228 e. The second kappa shape index (κ2) is 5.27. The lowest BCUT2D eigenvalue weighted by Gasteiger charge is -2.18. The molecule has 1 amide bonds. The Morgan fingerprint density at radius 1 is 1.47 bits per heavy atom. The largest absolute Gasteiger partial charge is 0.313 e. The summed E-state index contributed by atoms with van der Waals surface area (Å²) < 4.78 is 13.5. The van der Waals surface area contributed by atoms with E-state index in [-0.39, 0.29) is 11.7 Å². The number of hydrogen-bond donors (Lipinski definition) is 1. The second-order valence-electron chi connectivity index (χ2n) is 4.38. The third kappa shape index (κ3) is 3.27. The lowest BCUT2D eigenvalue weighted by atomic mass is 10.2. The molecular weight excluding hydrogens is 219 g/mol. The van der Waals surface area contributed by atoms with Gasteiger partial charge in [0.25, 0.3) is 0 Å². The van der Waals surface area contributed by atoms with Crippen molar-refractivity contribution in [2.24, 2.45) is 0 Å². The summed E-state index contributed by atoms with van der Waals surface area (Å²) in [6.07, 6.45) is 2.82. The van der Waals surface area contributed by atoms with Crippen molar-refractivity contribution in [2.45, 2.75) is 25.3 Å². The molecule has 1 N–H and O–H groups in total. The van der Waals surface area contributed by atoms with E-state index < -0.39 is 0 Å². The van der Waals surface area contributed by atoms with Gasteiger partial charge in [-0.2, -0.15) is 0 Å². The first-order valence-corrected chi connectivity index (χ1v) is 5.93. The van der Waals surface area contributed by atoms with E-state index in [1.165, 1.54) is 23.8 Å². The summed E-state index contributed by atoms with van der Waals surface area (Å²) in [5.74, 6) is -0.429. The molecule has 0 aromatic heterocycles. The minimum absolute atomic E-state index is 0.0664. The zero-order chi connectivity index (χ0) is 12.3. The van der Waals surface area contributed by atoms with E-state index in [1.54, 1.807) is 25.2 Å². The van der Waals surface area contributed by atoms with E-state index in [9.17, 15) is 9.18 Å². The Balaban J connectivity index is 1.87. The molecule has 92 valence electrons. The molecule has 17 heavy (non-hydrogen) atoms. The summed E-state index contributed by atoms with van der Waals surface area (Å²) in [5.41, 5.74) is 0.337. The molecule has 4 heteroatoms. The van der Waals surface area contributed by atoms with E-state index >= 15 is 0 Å². The molecule has 1 aromatic carbocycles. The van der Waals surface area contributed by atoms with Gasteiger partial charge in [-0.1, -0.05) is 12.1 Å². The molecule has 2 rings (SSSR count). The number of anilines is 1. The number of carbonyl (C=O) groups is 1. The van der Waals surface area contributed by atoms with Crippen LogP contribution in [0.3, 0.4) is 0 Å². The molecule has 1 fully saturated rings. The molecule has 0 radical (unpaired) electrons. The van der Waals surface area contributed by atoms with Crippen LogP contribution in [0.4, 0.5) is 10.1 Å². The highest BCUT2D eigenvalue weighted by Crippen LogP contribution is 2.19. The molecule has 1 aliphatic rings. The Labute approximate surface area is 101 Å². The van der Waals surface area contributed by atoms with Crippen molar-refractivity contribution >= 4 is 11.6 Å². The minimum atomic E-state index is -0.362. The lowest BCUT2D eigenvalue weighted by Crippen LogP contribution is -2.30. The Kier molecular flexibility index (Phi) is 3.74. The standard InChI is InChI=1S/C13H17FN2O/c1-16(12-5-3-2-4-11(12)14)13(17)8-9-15-10-6-7-10/h2-5,10,15H,6-9H2,1H3. The van der Waals surface area contributed by atoms with E-state index in [4.69, 9.17) is 0 Å². The van der Waals surface area contributed by atoms with Gasteiger partial charge in [-0.3, -0.25) is 4.79 Å². The van der Waals surface area contributed by atoms with Gasteiger partial charge in [0, 0.05) is 26.1 Å². The van der Waals surface area contributed by atoms with Crippen molar-refractivity contribution in [3.8, 4) is 0 Å². The summed E-state index contributed by atoms with van der Waals surface area (Å²) in [7, 11) is 1.61. The summed E-state index contributed by atoms with van der Waals surface area (Å²) in [4.78, 5) is 13.2. The number of halogens is 1. The maximum atomic E-state index is 13.5. The highest BCUT2D eigenvalue weighted by molar-refractivity contribution is 5.92. The third-order valence-electron chi connectivity index (χ3n) is 2.94. The molecule has 0 bridgehead atoms. The molecule has 3 nitrogen and oxygen atoms in total. The fourth-order valence-electron chi connectivity index (χ4n) is 1.70. The average molecular weight is 236 g/mol. The van der Waals surface area contributed by atoms with Crippen molar-refractivity contribution in [3.63, 3.8) is 0 Å². The fourth-order valence-corrected chi connectivity index (χ4v) is 1.70. The Morgan fingerprint density at radius 2 is 2.18 bits per heavy atom. The lowest BCUT2D eigenvalue weighted by molar-refractivity contribution is -0.118. The van der Waals surface area contributed by atoms with E-state index in [0.717, 1.165) is 0 Å². The van der Waals surface area contributed by atoms with Crippen molar-refractivity contribution in [2.75, 3.05) is 18.5 Å². The van der Waals surface area contributed by atoms with Crippen LogP contribution < -0.4 is 10.2 Å². The van der Waals surface area contributed by atoms with Gasteiger partial charge in [-0.05, 0) is 25.0 Å². The zero-order valence-electron chi connectivity index (χ0n) is 9.95. The topological polar surface area (TPSA) is 32.3 Å². The van der Waals surface area contributed by atoms with Crippen LogP contribution in [0.1, 0.15) is 19.3 Å². The Hall–Kier alpha value is -1.42. The summed E-state index contributed by atoms with van der Waals surface area (Å²) in [6.45, 7) is 0.669. The molecule has 0 heterocycles. The number of benzene rings is 1. The number of carbonyl (C=O) groups excluding carboxylic acids is 1. The van der Waals surface area contributed by atoms with Crippen molar-refractivity contribution in [1.82, 2.24) is 5.32 Å². The number of nitrogens with one attached hydrogen (secondary N) is 1. The number of rotatable bonds is 5. The second-order valence-corrected chi connectivity index (χ2v) is 4.38. The summed E-state index contributed by atoms with van der Waals surface area (Å²) in [6, 6.07) is 6.92. The van der Waals surface area contributed by atoms with Gasteiger partial charge in [-0.25, -0.2) is 4.39 Å².